The minimum Gasteiger partial charge on any atom is -0.550 e. The van der Waals surface area contributed by atoms with E-state index in [1.165, 1.54) is 4.90 Å². The maximum absolute atomic E-state index is 12.4. The minimum atomic E-state index is -1.13. The number of carbonyl (C=O) groups excluding carboxylic acids is 2. The van der Waals surface area contributed by atoms with Crippen LogP contribution in [-0.4, -0.2) is 29.1 Å². The molecule has 5 heteroatoms. The third kappa shape index (κ3) is 3.40. The maximum atomic E-state index is 12.4. The van der Waals surface area contributed by atoms with Gasteiger partial charge in [-0.3, -0.25) is 0 Å². The Morgan fingerprint density at radius 2 is 1.91 bits per heavy atom. The molecule has 1 amide bonds. The summed E-state index contributed by atoms with van der Waals surface area (Å²) in [4.78, 5) is 25.4. The monoisotopic (exact) mass is 304 g/mol. The first-order valence-corrected chi connectivity index (χ1v) is 7.46. The molecule has 1 aromatic rings. The molecule has 1 aliphatic heterocycles. The largest absolute Gasteiger partial charge is 0.550 e. The number of hydrogen-bond acceptors (Lipinski definition) is 4. The average molecular weight is 304 g/mol. The number of nitrogens with zero attached hydrogens (tertiary/aromatic N) is 1. The van der Waals surface area contributed by atoms with Gasteiger partial charge in [0.25, 0.3) is 0 Å². The molecule has 0 radical (unpaired) electrons. The Bertz CT molecular complexity index is 576. The molecule has 2 rings (SSSR count). The lowest BCUT2D eigenvalue weighted by molar-refractivity contribution is -0.312. The third-order valence-electron chi connectivity index (χ3n) is 3.84. The first-order valence-electron chi connectivity index (χ1n) is 7.46. The van der Waals surface area contributed by atoms with Crippen molar-refractivity contribution in [3.8, 4) is 0 Å². The Morgan fingerprint density at radius 1 is 1.27 bits per heavy atom. The second-order valence-electron chi connectivity index (χ2n) is 6.69. The van der Waals surface area contributed by atoms with Gasteiger partial charge in [0, 0.05) is 18.4 Å². The van der Waals surface area contributed by atoms with Crippen molar-refractivity contribution in [2.75, 3.05) is 6.54 Å². The average Bonchev–Trinajstić information content (AvgIpc) is 2.82. The first-order chi connectivity index (χ1) is 10.2. The van der Waals surface area contributed by atoms with Crippen molar-refractivity contribution in [1.82, 2.24) is 4.90 Å². The van der Waals surface area contributed by atoms with Gasteiger partial charge < -0.3 is 19.5 Å². The highest BCUT2D eigenvalue weighted by molar-refractivity contribution is 5.75. The van der Waals surface area contributed by atoms with Gasteiger partial charge in [-0.05, 0) is 45.2 Å². The quantitative estimate of drug-likeness (QED) is 0.838. The normalized spacial score (nSPS) is 21.7. The van der Waals surface area contributed by atoms with Crippen molar-refractivity contribution in [2.45, 2.75) is 45.8 Å². The molecule has 1 heterocycles. The Hall–Kier alpha value is -2.04. The van der Waals surface area contributed by atoms with Crippen LogP contribution < -0.4 is 5.11 Å². The molecule has 0 N–H and O–H groups in total. The van der Waals surface area contributed by atoms with Gasteiger partial charge in [-0.1, -0.05) is 24.3 Å². The Kier molecular flexibility index (Phi) is 4.44. The first kappa shape index (κ1) is 16.3. The second-order valence-corrected chi connectivity index (χ2v) is 6.69. The van der Waals surface area contributed by atoms with Crippen LogP contribution in [0.4, 0.5) is 4.79 Å². The molecule has 0 aliphatic carbocycles. The maximum Gasteiger partial charge on any atom is 0.410 e. The van der Waals surface area contributed by atoms with E-state index >= 15 is 0 Å². The molecule has 0 spiro atoms. The number of likely N-dealkylation sites (tertiary alicyclic amines) is 1. The molecular weight excluding hydrogens is 282 g/mol. The van der Waals surface area contributed by atoms with Gasteiger partial charge in [0.1, 0.15) is 5.60 Å². The highest BCUT2D eigenvalue weighted by Gasteiger charge is 2.41. The van der Waals surface area contributed by atoms with Gasteiger partial charge in [-0.25, -0.2) is 4.79 Å². The van der Waals surface area contributed by atoms with Crippen molar-refractivity contribution in [3.05, 3.63) is 35.4 Å². The fourth-order valence-electron chi connectivity index (χ4n) is 2.87. The van der Waals surface area contributed by atoms with Gasteiger partial charge in [0.15, 0.2) is 0 Å². The summed E-state index contributed by atoms with van der Waals surface area (Å²) in [6.07, 6.45) is -0.106. The van der Waals surface area contributed by atoms with Gasteiger partial charge in [0.2, 0.25) is 0 Å². The van der Waals surface area contributed by atoms with Crippen LogP contribution in [0, 0.1) is 12.8 Å². The van der Waals surface area contributed by atoms with Crippen LogP contribution in [0.15, 0.2) is 24.3 Å². The zero-order chi connectivity index (χ0) is 16.5. The van der Waals surface area contributed by atoms with Gasteiger partial charge in [0.05, 0.1) is 6.04 Å². The number of aliphatic carboxylic acids is 1. The minimum absolute atomic E-state index is 0.354. The summed E-state index contributed by atoms with van der Waals surface area (Å²) in [5.41, 5.74) is 1.17. The lowest BCUT2D eigenvalue weighted by atomic mass is 9.91. The summed E-state index contributed by atoms with van der Waals surface area (Å²) >= 11 is 0. The Balaban J connectivity index is 2.36. The number of hydrogen-bond donors (Lipinski definition) is 0. The van der Waals surface area contributed by atoms with Gasteiger partial charge >= 0.3 is 6.09 Å². The SMILES string of the molecule is Cc1ccccc1C1C(C(=O)[O-])CCN1C(=O)OC(C)(C)C. The van der Waals surface area contributed by atoms with E-state index < -0.39 is 29.6 Å². The second kappa shape index (κ2) is 5.99. The molecule has 1 aromatic carbocycles. The number of carboxylic acid groups (broad SMARTS) is 1. The fourth-order valence-corrected chi connectivity index (χ4v) is 2.87. The van der Waals surface area contributed by atoms with Crippen LogP contribution in [0.3, 0.4) is 0 Å². The lowest BCUT2D eigenvalue weighted by Crippen LogP contribution is -2.40. The molecule has 1 fully saturated rings. The molecule has 22 heavy (non-hydrogen) atoms. The number of carboxylic acids is 1. The predicted octanol–water partition coefficient (Wildman–Crippen LogP) is 2.04. The van der Waals surface area contributed by atoms with Crippen molar-refractivity contribution >= 4 is 12.1 Å². The molecule has 2 unspecified atom stereocenters. The van der Waals surface area contributed by atoms with Crippen molar-refractivity contribution in [2.24, 2.45) is 5.92 Å². The molecule has 1 aliphatic rings. The van der Waals surface area contributed by atoms with Crippen LogP contribution in [0.1, 0.15) is 44.4 Å². The summed E-state index contributed by atoms with van der Waals surface area (Å²) in [5.74, 6) is -1.84. The van der Waals surface area contributed by atoms with E-state index in [-0.39, 0.29) is 0 Å². The smallest absolute Gasteiger partial charge is 0.410 e. The van der Waals surface area contributed by atoms with E-state index in [2.05, 4.69) is 0 Å². The number of aryl methyl sites for hydroxylation is 1. The summed E-state index contributed by atoms with van der Waals surface area (Å²) in [6.45, 7) is 7.64. The van der Waals surface area contributed by atoms with Gasteiger partial charge in [-0.15, -0.1) is 0 Å². The molecule has 120 valence electrons. The standard InChI is InChI=1S/C17H23NO4/c1-11-7-5-6-8-12(11)14-13(15(19)20)9-10-18(14)16(21)22-17(2,3)4/h5-8,13-14H,9-10H2,1-4H3,(H,19,20)/p-1. The van der Waals surface area contributed by atoms with Crippen LogP contribution >= 0.6 is 0 Å². The summed E-state index contributed by atoms with van der Waals surface area (Å²) in [7, 11) is 0. The molecule has 1 saturated heterocycles. The summed E-state index contributed by atoms with van der Waals surface area (Å²) < 4.78 is 5.41. The number of benzene rings is 1. The van der Waals surface area contributed by atoms with E-state index in [0.717, 1.165) is 11.1 Å². The summed E-state index contributed by atoms with van der Waals surface area (Å²) in [6, 6.07) is 6.97. The van der Waals surface area contributed by atoms with Crippen LogP contribution in [0.5, 0.6) is 0 Å². The van der Waals surface area contributed by atoms with Crippen molar-refractivity contribution in [1.29, 1.82) is 0 Å². The highest BCUT2D eigenvalue weighted by atomic mass is 16.6. The van der Waals surface area contributed by atoms with Crippen molar-refractivity contribution in [3.63, 3.8) is 0 Å². The summed E-state index contributed by atoms with van der Waals surface area (Å²) in [5, 5.41) is 11.5. The van der Waals surface area contributed by atoms with Crippen LogP contribution in [0.25, 0.3) is 0 Å². The number of rotatable bonds is 2. The van der Waals surface area contributed by atoms with E-state index in [9.17, 15) is 14.7 Å². The van der Waals surface area contributed by atoms with E-state index in [1.54, 1.807) is 20.8 Å². The molecule has 0 bridgehead atoms. The molecule has 2 atom stereocenters. The topological polar surface area (TPSA) is 69.7 Å². The predicted molar refractivity (Wildman–Crippen MR) is 80.0 cm³/mol. The molecular formula is C17H22NO4-. The van der Waals surface area contributed by atoms with E-state index in [1.807, 2.05) is 31.2 Å². The Morgan fingerprint density at radius 3 is 2.45 bits per heavy atom. The zero-order valence-corrected chi connectivity index (χ0v) is 13.5. The van der Waals surface area contributed by atoms with E-state index in [0.29, 0.717) is 13.0 Å². The highest BCUT2D eigenvalue weighted by Crippen LogP contribution is 2.39. The number of carbonyl (C=O) groups is 2. The molecule has 5 nitrogen and oxygen atoms in total. The molecule has 0 saturated carbocycles. The zero-order valence-electron chi connectivity index (χ0n) is 13.5. The lowest BCUT2D eigenvalue weighted by Gasteiger charge is -2.32. The third-order valence-corrected chi connectivity index (χ3v) is 3.84. The van der Waals surface area contributed by atoms with Crippen LogP contribution in [-0.2, 0) is 9.53 Å². The van der Waals surface area contributed by atoms with Gasteiger partial charge in [-0.2, -0.15) is 0 Å². The van der Waals surface area contributed by atoms with E-state index in [4.69, 9.17) is 4.74 Å². The number of amides is 1. The van der Waals surface area contributed by atoms with Crippen LogP contribution in [0.2, 0.25) is 0 Å². The Labute approximate surface area is 130 Å². The number of ether oxygens (including phenoxy) is 1. The fraction of sp³-hybridized carbons (Fsp3) is 0.529. The molecule has 0 aromatic heterocycles. The van der Waals surface area contributed by atoms with Crippen molar-refractivity contribution < 1.29 is 19.4 Å².